The monoisotopic (exact) mass is 325 g/mol. The minimum absolute atomic E-state index is 0.822. The summed E-state index contributed by atoms with van der Waals surface area (Å²) < 4.78 is 5.13. The second kappa shape index (κ2) is 5.88. The van der Waals surface area contributed by atoms with Crippen molar-refractivity contribution < 1.29 is 0 Å². The van der Waals surface area contributed by atoms with Crippen LogP contribution in [0.2, 0.25) is 0 Å². The Bertz CT molecular complexity index is 557. The van der Waals surface area contributed by atoms with Crippen molar-refractivity contribution in [1.82, 2.24) is 24.2 Å². The molecule has 0 aliphatic rings. The Morgan fingerprint density at radius 3 is 2.58 bits per heavy atom. The van der Waals surface area contributed by atoms with E-state index in [4.69, 9.17) is 0 Å². The maximum absolute atomic E-state index is 4.52. The van der Waals surface area contributed by atoms with Crippen molar-refractivity contribution in [3.63, 3.8) is 0 Å². The van der Waals surface area contributed by atoms with Crippen molar-refractivity contribution >= 4 is 15.9 Å². The minimum atomic E-state index is 0.822. The third-order valence-corrected chi connectivity index (χ3v) is 4.17. The molecule has 0 bridgehead atoms. The van der Waals surface area contributed by atoms with E-state index >= 15 is 0 Å². The largest absolute Gasteiger partial charge is 0.337 e. The highest BCUT2D eigenvalue weighted by molar-refractivity contribution is 9.10. The molecule has 19 heavy (non-hydrogen) atoms. The topological polar surface area (TPSA) is 38.9 Å². The van der Waals surface area contributed by atoms with E-state index in [0.717, 1.165) is 35.5 Å². The van der Waals surface area contributed by atoms with Crippen molar-refractivity contribution in [2.45, 2.75) is 26.4 Å². The average Bonchev–Trinajstić information content (AvgIpc) is 2.88. The molecule has 0 amide bonds. The number of aromatic nitrogens is 4. The number of aryl methyl sites for hydroxylation is 3. The van der Waals surface area contributed by atoms with E-state index < -0.39 is 0 Å². The second-order valence-electron chi connectivity index (χ2n) is 4.81. The highest BCUT2D eigenvalue weighted by atomic mass is 79.9. The Hall–Kier alpha value is -1.14. The van der Waals surface area contributed by atoms with Gasteiger partial charge in [0.15, 0.2) is 0 Å². The van der Waals surface area contributed by atoms with Crippen molar-refractivity contribution in [1.29, 1.82) is 0 Å². The molecule has 2 aromatic rings. The summed E-state index contributed by atoms with van der Waals surface area (Å²) in [5, 5.41) is 4.52. The van der Waals surface area contributed by atoms with E-state index in [1.807, 2.05) is 35.7 Å². The van der Waals surface area contributed by atoms with Gasteiger partial charge in [-0.15, -0.1) is 0 Å². The zero-order chi connectivity index (χ0) is 14.0. The molecule has 2 aromatic heterocycles. The van der Waals surface area contributed by atoms with Gasteiger partial charge in [0, 0.05) is 33.0 Å². The van der Waals surface area contributed by atoms with Crippen LogP contribution in [0, 0.1) is 0 Å². The lowest BCUT2D eigenvalue weighted by molar-refractivity contribution is 0.298. The van der Waals surface area contributed by atoms with E-state index in [-0.39, 0.29) is 0 Å². The standard InChI is InChI=1S/C13H20BrN5/c1-5-10-13(14)11(19(4)16-10)8-17(2)9-12-15-6-7-18(12)3/h6-7H,5,8-9H2,1-4H3. The molecule has 5 nitrogen and oxygen atoms in total. The molecule has 0 saturated heterocycles. The van der Waals surface area contributed by atoms with Gasteiger partial charge in [0.1, 0.15) is 5.82 Å². The highest BCUT2D eigenvalue weighted by Crippen LogP contribution is 2.22. The molecule has 0 saturated carbocycles. The van der Waals surface area contributed by atoms with Gasteiger partial charge in [-0.3, -0.25) is 9.58 Å². The van der Waals surface area contributed by atoms with E-state index in [2.05, 4.69) is 44.9 Å². The molecule has 2 rings (SSSR count). The maximum Gasteiger partial charge on any atom is 0.122 e. The number of rotatable bonds is 5. The van der Waals surface area contributed by atoms with Crippen LogP contribution in [0.5, 0.6) is 0 Å². The first kappa shape index (κ1) is 14.3. The predicted octanol–water partition coefficient (Wildman–Crippen LogP) is 2.11. The molecular formula is C13H20BrN5. The fourth-order valence-corrected chi connectivity index (χ4v) is 2.84. The summed E-state index contributed by atoms with van der Waals surface area (Å²) in [5.41, 5.74) is 2.32. The van der Waals surface area contributed by atoms with Crippen molar-refractivity contribution in [2.75, 3.05) is 7.05 Å². The highest BCUT2D eigenvalue weighted by Gasteiger charge is 2.15. The van der Waals surface area contributed by atoms with E-state index in [9.17, 15) is 0 Å². The van der Waals surface area contributed by atoms with Crippen LogP contribution >= 0.6 is 15.9 Å². The molecule has 0 aliphatic heterocycles. The molecule has 0 spiro atoms. The zero-order valence-corrected chi connectivity index (χ0v) is 13.5. The number of hydrogen-bond donors (Lipinski definition) is 0. The fourth-order valence-electron chi connectivity index (χ4n) is 2.09. The Morgan fingerprint density at radius 2 is 2.05 bits per heavy atom. The van der Waals surface area contributed by atoms with Crippen LogP contribution in [0.25, 0.3) is 0 Å². The normalized spacial score (nSPS) is 11.5. The van der Waals surface area contributed by atoms with Gasteiger partial charge in [0.2, 0.25) is 0 Å². The minimum Gasteiger partial charge on any atom is -0.337 e. The van der Waals surface area contributed by atoms with Crippen LogP contribution in [-0.4, -0.2) is 31.3 Å². The molecule has 0 N–H and O–H groups in total. The summed E-state index contributed by atoms with van der Waals surface area (Å²) in [6, 6.07) is 0. The van der Waals surface area contributed by atoms with Gasteiger partial charge in [-0.2, -0.15) is 5.10 Å². The SMILES string of the molecule is CCc1nn(C)c(CN(C)Cc2nccn2C)c1Br. The maximum atomic E-state index is 4.52. The summed E-state index contributed by atoms with van der Waals surface area (Å²) in [7, 11) is 6.11. The fraction of sp³-hybridized carbons (Fsp3) is 0.538. The number of hydrogen-bond acceptors (Lipinski definition) is 3. The van der Waals surface area contributed by atoms with Crippen LogP contribution < -0.4 is 0 Å². The first-order valence-corrected chi connectivity index (χ1v) is 7.17. The first-order chi connectivity index (χ1) is 9.02. The van der Waals surface area contributed by atoms with E-state index in [1.54, 1.807) is 0 Å². The molecule has 2 heterocycles. The van der Waals surface area contributed by atoms with Gasteiger partial charge in [0.05, 0.1) is 22.4 Å². The Balaban J connectivity index is 2.09. The molecular weight excluding hydrogens is 306 g/mol. The van der Waals surface area contributed by atoms with Gasteiger partial charge in [0.25, 0.3) is 0 Å². The molecule has 0 atom stereocenters. The third kappa shape index (κ3) is 3.06. The Kier molecular flexibility index (Phi) is 4.42. The molecule has 6 heteroatoms. The predicted molar refractivity (Wildman–Crippen MR) is 78.7 cm³/mol. The Morgan fingerprint density at radius 1 is 1.32 bits per heavy atom. The van der Waals surface area contributed by atoms with Crippen LogP contribution in [0.15, 0.2) is 16.9 Å². The van der Waals surface area contributed by atoms with Gasteiger partial charge >= 0.3 is 0 Å². The van der Waals surface area contributed by atoms with Crippen molar-refractivity contribution in [3.05, 3.63) is 34.1 Å². The van der Waals surface area contributed by atoms with Gasteiger partial charge in [-0.1, -0.05) is 6.92 Å². The third-order valence-electron chi connectivity index (χ3n) is 3.25. The molecule has 104 valence electrons. The van der Waals surface area contributed by atoms with E-state index in [1.165, 1.54) is 5.69 Å². The van der Waals surface area contributed by atoms with E-state index in [0.29, 0.717) is 0 Å². The lowest BCUT2D eigenvalue weighted by atomic mass is 10.3. The molecule has 0 aromatic carbocycles. The summed E-state index contributed by atoms with van der Waals surface area (Å²) in [6.45, 7) is 3.79. The van der Waals surface area contributed by atoms with Gasteiger partial charge in [-0.05, 0) is 29.4 Å². The smallest absolute Gasteiger partial charge is 0.122 e. The quantitative estimate of drug-likeness (QED) is 0.845. The lowest BCUT2D eigenvalue weighted by Crippen LogP contribution is -2.21. The lowest BCUT2D eigenvalue weighted by Gasteiger charge is -2.16. The summed E-state index contributed by atoms with van der Waals surface area (Å²) >= 11 is 3.65. The first-order valence-electron chi connectivity index (χ1n) is 6.38. The number of nitrogens with zero attached hydrogens (tertiary/aromatic N) is 5. The Labute approximate surface area is 122 Å². The zero-order valence-electron chi connectivity index (χ0n) is 11.9. The molecule has 0 unspecified atom stereocenters. The van der Waals surface area contributed by atoms with Crippen molar-refractivity contribution in [3.8, 4) is 0 Å². The number of halogens is 1. The molecule has 0 radical (unpaired) electrons. The van der Waals surface area contributed by atoms with Crippen LogP contribution in [0.3, 0.4) is 0 Å². The van der Waals surface area contributed by atoms with Crippen LogP contribution in [-0.2, 0) is 33.6 Å². The molecule has 0 aliphatic carbocycles. The van der Waals surface area contributed by atoms with Gasteiger partial charge in [-0.25, -0.2) is 4.98 Å². The molecule has 0 fully saturated rings. The number of imidazole rings is 1. The average molecular weight is 326 g/mol. The van der Waals surface area contributed by atoms with Crippen molar-refractivity contribution in [2.24, 2.45) is 14.1 Å². The summed E-state index contributed by atoms with van der Waals surface area (Å²) in [5.74, 6) is 1.07. The summed E-state index contributed by atoms with van der Waals surface area (Å²) in [6.07, 6.45) is 4.74. The second-order valence-corrected chi connectivity index (χ2v) is 5.60. The van der Waals surface area contributed by atoms with Crippen LogP contribution in [0.4, 0.5) is 0 Å². The van der Waals surface area contributed by atoms with Gasteiger partial charge < -0.3 is 4.57 Å². The van der Waals surface area contributed by atoms with Crippen LogP contribution in [0.1, 0.15) is 24.1 Å². The summed E-state index contributed by atoms with van der Waals surface area (Å²) in [4.78, 5) is 6.59.